The maximum atomic E-state index is 9.86. The van der Waals surface area contributed by atoms with Crippen LogP contribution in [0.15, 0.2) is 78.9 Å². The summed E-state index contributed by atoms with van der Waals surface area (Å²) in [7, 11) is 0. The van der Waals surface area contributed by atoms with E-state index in [0.29, 0.717) is 39.7 Å². The van der Waals surface area contributed by atoms with Crippen LogP contribution in [0.4, 0.5) is 0 Å². The molecule has 6 aromatic rings. The lowest BCUT2D eigenvalue weighted by molar-refractivity contribution is 0.927. The first-order valence-electron chi connectivity index (χ1n) is 12.2. The summed E-state index contributed by atoms with van der Waals surface area (Å²) in [5.74, 6) is 1.63. The molecule has 0 saturated heterocycles. The second-order valence-electron chi connectivity index (χ2n) is 9.20. The molecule has 2 heterocycles. The van der Waals surface area contributed by atoms with E-state index in [0.717, 1.165) is 38.6 Å². The van der Waals surface area contributed by atoms with Crippen LogP contribution in [0.5, 0.6) is 0 Å². The maximum absolute atomic E-state index is 9.86. The Bertz CT molecular complexity index is 2030. The fourth-order valence-corrected chi connectivity index (χ4v) is 5.04. The fraction of sp³-hybridized carbons (Fsp3) is 0.0625. The molecular weight excluding hydrogens is 482 g/mol. The molecule has 182 valence electrons. The van der Waals surface area contributed by atoms with Gasteiger partial charge in [0.25, 0.3) is 0 Å². The number of nitriles is 3. The highest BCUT2D eigenvalue weighted by molar-refractivity contribution is 6.10. The van der Waals surface area contributed by atoms with Crippen LogP contribution in [0.2, 0.25) is 0 Å². The van der Waals surface area contributed by atoms with Gasteiger partial charge in [-0.25, -0.2) is 15.0 Å². The minimum atomic E-state index is 0.435. The molecule has 4 aromatic carbocycles. The van der Waals surface area contributed by atoms with Gasteiger partial charge in [-0.1, -0.05) is 30.3 Å². The first-order valence-corrected chi connectivity index (χ1v) is 12.2. The number of aryl methyl sites for hydroxylation is 2. The molecule has 0 aliphatic carbocycles. The number of benzene rings is 4. The quantitative estimate of drug-likeness (QED) is 0.272. The summed E-state index contributed by atoms with van der Waals surface area (Å²) in [5, 5.41) is 31.0. The highest BCUT2D eigenvalue weighted by Crippen LogP contribution is 2.36. The molecule has 0 atom stereocenters. The number of fused-ring (bicyclic) bond motifs is 3. The molecule has 0 N–H and O–H groups in total. The summed E-state index contributed by atoms with van der Waals surface area (Å²) < 4.78 is 2.15. The van der Waals surface area contributed by atoms with E-state index in [1.54, 1.807) is 24.3 Å². The molecule has 0 radical (unpaired) electrons. The summed E-state index contributed by atoms with van der Waals surface area (Å²) in [4.78, 5) is 13.3. The zero-order chi connectivity index (χ0) is 27.1. The summed E-state index contributed by atoms with van der Waals surface area (Å²) in [6.07, 6.45) is 0. The molecule has 39 heavy (non-hydrogen) atoms. The van der Waals surface area contributed by atoms with Gasteiger partial charge in [-0.15, -0.1) is 0 Å². The Hall–Kier alpha value is -5.84. The molecule has 2 aromatic heterocycles. The van der Waals surface area contributed by atoms with Crippen molar-refractivity contribution in [2.45, 2.75) is 13.8 Å². The van der Waals surface area contributed by atoms with Gasteiger partial charge in [-0.2, -0.15) is 15.8 Å². The molecule has 7 nitrogen and oxygen atoms in total. The molecule has 7 heteroatoms. The molecule has 0 amide bonds. The van der Waals surface area contributed by atoms with E-state index >= 15 is 0 Å². The lowest BCUT2D eigenvalue weighted by atomic mass is 9.99. The van der Waals surface area contributed by atoms with Gasteiger partial charge < -0.3 is 4.57 Å². The molecule has 0 unspecified atom stereocenters. The average Bonchev–Trinajstić information content (AvgIpc) is 3.29. The number of rotatable bonds is 3. The Morgan fingerprint density at radius 2 is 1.31 bits per heavy atom. The van der Waals surface area contributed by atoms with Crippen LogP contribution >= 0.6 is 0 Å². The second kappa shape index (κ2) is 9.23. The van der Waals surface area contributed by atoms with Crippen molar-refractivity contribution in [3.63, 3.8) is 0 Å². The van der Waals surface area contributed by atoms with E-state index < -0.39 is 0 Å². The molecule has 0 saturated carbocycles. The number of nitrogens with zero attached hydrogens (tertiary/aromatic N) is 7. The molecular formula is C32H19N7. The van der Waals surface area contributed by atoms with Crippen molar-refractivity contribution < 1.29 is 0 Å². The highest BCUT2D eigenvalue weighted by Gasteiger charge is 2.17. The molecule has 6 rings (SSSR count). The molecule has 0 spiro atoms. The number of aromatic nitrogens is 4. The fourth-order valence-electron chi connectivity index (χ4n) is 5.04. The minimum Gasteiger partial charge on any atom is -0.309 e. The van der Waals surface area contributed by atoms with Crippen LogP contribution in [0.3, 0.4) is 0 Å². The maximum Gasteiger partial charge on any atom is 0.164 e. The third-order valence-corrected chi connectivity index (χ3v) is 6.68. The van der Waals surface area contributed by atoms with Crippen molar-refractivity contribution >= 4 is 21.8 Å². The highest BCUT2D eigenvalue weighted by atomic mass is 15.0. The SMILES string of the molecule is Cc1nc(C)nc(-c2cc(-n3c4ccccc4c4ccc(-c5cc(C#N)cc(C#N)c5)cc43)ccc2C#N)n1. The standard InChI is InChI=1S/C32H19N7/c1-19-36-20(2)38-32(37-19)29-15-26(9-7-24(29)18-35)39-30-6-4-3-5-27(30)28-10-8-23(14-31(28)39)25-12-21(16-33)11-22(13-25)17-34/h3-15H,1-2H3. The molecule has 0 aliphatic rings. The lowest BCUT2D eigenvalue weighted by Crippen LogP contribution is -2.02. The predicted molar refractivity (Wildman–Crippen MR) is 149 cm³/mol. The van der Waals surface area contributed by atoms with E-state index in [1.165, 1.54) is 0 Å². The predicted octanol–water partition coefficient (Wildman–Crippen LogP) is 6.53. The minimum absolute atomic E-state index is 0.435. The number of para-hydroxylation sites is 1. The van der Waals surface area contributed by atoms with E-state index in [4.69, 9.17) is 0 Å². The van der Waals surface area contributed by atoms with Gasteiger partial charge in [0.2, 0.25) is 0 Å². The summed E-state index contributed by atoms with van der Waals surface area (Å²) in [6.45, 7) is 3.61. The van der Waals surface area contributed by atoms with E-state index in [9.17, 15) is 15.8 Å². The van der Waals surface area contributed by atoms with Crippen molar-refractivity contribution in [2.75, 3.05) is 0 Å². The van der Waals surface area contributed by atoms with E-state index in [1.807, 2.05) is 44.2 Å². The smallest absolute Gasteiger partial charge is 0.164 e. The largest absolute Gasteiger partial charge is 0.309 e. The molecule has 0 bridgehead atoms. The Kier molecular flexibility index (Phi) is 5.57. The van der Waals surface area contributed by atoms with Gasteiger partial charge in [-0.3, -0.25) is 0 Å². The molecule has 0 aliphatic heterocycles. The van der Waals surface area contributed by atoms with Crippen LogP contribution in [-0.2, 0) is 0 Å². The Morgan fingerprint density at radius 1 is 0.615 bits per heavy atom. The number of hydrogen-bond acceptors (Lipinski definition) is 6. The Labute approximate surface area is 224 Å². The zero-order valence-corrected chi connectivity index (χ0v) is 21.1. The van der Waals surface area contributed by atoms with Crippen LogP contribution < -0.4 is 0 Å². The Morgan fingerprint density at radius 3 is 2.00 bits per heavy atom. The van der Waals surface area contributed by atoms with Gasteiger partial charge in [-0.05, 0) is 73.5 Å². The van der Waals surface area contributed by atoms with E-state index in [-0.39, 0.29) is 0 Å². The normalized spacial score (nSPS) is 10.7. The van der Waals surface area contributed by atoms with Gasteiger partial charge in [0.05, 0.1) is 45.9 Å². The van der Waals surface area contributed by atoms with Crippen molar-refractivity contribution in [3.05, 3.63) is 107 Å². The first-order chi connectivity index (χ1) is 19.0. The van der Waals surface area contributed by atoms with Crippen LogP contribution in [-0.4, -0.2) is 19.5 Å². The zero-order valence-electron chi connectivity index (χ0n) is 21.1. The first kappa shape index (κ1) is 23.6. The van der Waals surface area contributed by atoms with Gasteiger partial charge in [0, 0.05) is 22.0 Å². The third kappa shape index (κ3) is 4.03. The topological polar surface area (TPSA) is 115 Å². The van der Waals surface area contributed by atoms with Crippen molar-refractivity contribution in [3.8, 4) is 46.4 Å². The van der Waals surface area contributed by atoms with Crippen molar-refractivity contribution in [1.29, 1.82) is 15.8 Å². The van der Waals surface area contributed by atoms with Crippen LogP contribution in [0, 0.1) is 47.8 Å². The molecule has 0 fully saturated rings. The van der Waals surface area contributed by atoms with E-state index in [2.05, 4.69) is 62.0 Å². The Balaban J connectivity index is 1.64. The third-order valence-electron chi connectivity index (χ3n) is 6.68. The monoisotopic (exact) mass is 501 g/mol. The van der Waals surface area contributed by atoms with Gasteiger partial charge in [0.1, 0.15) is 11.6 Å². The van der Waals surface area contributed by atoms with Crippen LogP contribution in [0.1, 0.15) is 28.3 Å². The second-order valence-corrected chi connectivity index (χ2v) is 9.20. The summed E-state index contributed by atoms with van der Waals surface area (Å²) in [6, 6.07) is 31.7. The van der Waals surface area contributed by atoms with Crippen molar-refractivity contribution in [1.82, 2.24) is 19.5 Å². The average molecular weight is 502 g/mol. The lowest BCUT2D eigenvalue weighted by Gasteiger charge is -2.12. The van der Waals surface area contributed by atoms with Gasteiger partial charge in [0.15, 0.2) is 5.82 Å². The number of hydrogen-bond donors (Lipinski definition) is 0. The van der Waals surface area contributed by atoms with Crippen molar-refractivity contribution in [2.24, 2.45) is 0 Å². The summed E-state index contributed by atoms with van der Waals surface area (Å²) >= 11 is 0. The van der Waals surface area contributed by atoms with Gasteiger partial charge >= 0.3 is 0 Å². The summed E-state index contributed by atoms with van der Waals surface area (Å²) in [5.41, 5.74) is 6.47. The van der Waals surface area contributed by atoms with Crippen LogP contribution in [0.25, 0.3) is 50.0 Å².